The maximum atomic E-state index is 14.7. The summed E-state index contributed by atoms with van der Waals surface area (Å²) >= 11 is 0. The summed E-state index contributed by atoms with van der Waals surface area (Å²) in [5.41, 5.74) is 8.39. The average Bonchev–Trinajstić information content (AvgIpc) is 3.80. The molecule has 0 aliphatic heterocycles. The van der Waals surface area contributed by atoms with Crippen molar-refractivity contribution in [1.82, 2.24) is 40.3 Å². The van der Waals surface area contributed by atoms with Gasteiger partial charge in [0.1, 0.15) is 11.5 Å². The van der Waals surface area contributed by atoms with Crippen molar-refractivity contribution >= 4 is 27.8 Å². The average molecular weight is 604 g/mol. The van der Waals surface area contributed by atoms with Gasteiger partial charge in [-0.1, -0.05) is 25.0 Å². The highest BCUT2D eigenvalue weighted by Crippen LogP contribution is 2.34. The van der Waals surface area contributed by atoms with Crippen molar-refractivity contribution in [1.29, 1.82) is 0 Å². The molecule has 9 nitrogen and oxygen atoms in total. The lowest BCUT2D eigenvalue weighted by molar-refractivity contribution is 0.425. The van der Waals surface area contributed by atoms with Gasteiger partial charge in [-0.2, -0.15) is 5.10 Å². The van der Waals surface area contributed by atoms with Crippen LogP contribution in [-0.4, -0.2) is 68.8 Å². The number of aromatic amines is 2. The Bertz CT molecular complexity index is 1940. The van der Waals surface area contributed by atoms with Crippen LogP contribution >= 0.6 is 0 Å². The summed E-state index contributed by atoms with van der Waals surface area (Å²) in [6, 6.07) is 15.2. The molecular formula is C35H38FN9. The maximum Gasteiger partial charge on any atom is 0.159 e. The van der Waals surface area contributed by atoms with Gasteiger partial charge in [0.25, 0.3) is 0 Å². The number of rotatable bonds is 11. The molecule has 1 aliphatic carbocycles. The van der Waals surface area contributed by atoms with E-state index in [4.69, 9.17) is 4.98 Å². The normalized spacial score (nSPS) is 13.9. The second kappa shape index (κ2) is 12.7. The summed E-state index contributed by atoms with van der Waals surface area (Å²) < 4.78 is 14.7. The van der Waals surface area contributed by atoms with E-state index in [1.807, 2.05) is 57.0 Å². The third kappa shape index (κ3) is 6.43. The van der Waals surface area contributed by atoms with Crippen molar-refractivity contribution in [3.8, 4) is 33.8 Å². The van der Waals surface area contributed by atoms with Gasteiger partial charge in [0.05, 0.1) is 16.4 Å². The molecule has 0 bridgehead atoms. The molecule has 1 fully saturated rings. The molecule has 4 aromatic heterocycles. The third-order valence-electron chi connectivity index (χ3n) is 8.62. The van der Waals surface area contributed by atoms with Crippen LogP contribution in [0.4, 0.5) is 10.1 Å². The SMILES string of the molecule is CN(C)CCNc1cc(F)cc(-c2cccc3[nH]c(-c4n[nH]c5ncc(-c6cncc(CNCC7CCCC7)c6)cc45)nc23)c1. The Kier molecular flexibility index (Phi) is 8.23. The summed E-state index contributed by atoms with van der Waals surface area (Å²) in [7, 11) is 4.03. The minimum absolute atomic E-state index is 0.298. The van der Waals surface area contributed by atoms with Gasteiger partial charge in [-0.3, -0.25) is 10.1 Å². The van der Waals surface area contributed by atoms with Crippen molar-refractivity contribution < 1.29 is 4.39 Å². The molecule has 0 radical (unpaired) electrons. The molecule has 0 amide bonds. The van der Waals surface area contributed by atoms with Crippen LogP contribution < -0.4 is 10.6 Å². The van der Waals surface area contributed by atoms with Crippen LogP contribution in [0.15, 0.2) is 67.1 Å². The largest absolute Gasteiger partial charge is 0.384 e. The highest BCUT2D eigenvalue weighted by molar-refractivity contribution is 5.97. The molecule has 6 aromatic rings. The fourth-order valence-corrected chi connectivity index (χ4v) is 6.27. The summed E-state index contributed by atoms with van der Waals surface area (Å²) in [5, 5.41) is 15.4. The zero-order valence-corrected chi connectivity index (χ0v) is 25.7. The smallest absolute Gasteiger partial charge is 0.159 e. The van der Waals surface area contributed by atoms with Crippen LogP contribution in [-0.2, 0) is 6.54 Å². The monoisotopic (exact) mass is 603 g/mol. The van der Waals surface area contributed by atoms with Crippen molar-refractivity contribution in [2.24, 2.45) is 5.92 Å². The molecule has 4 N–H and O–H groups in total. The Labute approximate surface area is 261 Å². The summed E-state index contributed by atoms with van der Waals surface area (Å²) in [6.45, 7) is 3.41. The second-order valence-electron chi connectivity index (χ2n) is 12.3. The summed E-state index contributed by atoms with van der Waals surface area (Å²) in [4.78, 5) is 19.7. The third-order valence-corrected chi connectivity index (χ3v) is 8.62. The minimum Gasteiger partial charge on any atom is -0.384 e. The van der Waals surface area contributed by atoms with E-state index in [0.717, 1.165) is 75.5 Å². The zero-order chi connectivity index (χ0) is 30.8. The second-order valence-corrected chi connectivity index (χ2v) is 12.3. The maximum absolute atomic E-state index is 14.7. The quantitative estimate of drug-likeness (QED) is 0.132. The molecule has 1 aliphatic rings. The van der Waals surface area contributed by atoms with E-state index in [-0.39, 0.29) is 5.82 Å². The first-order valence-corrected chi connectivity index (χ1v) is 15.7. The summed E-state index contributed by atoms with van der Waals surface area (Å²) in [5.74, 6) is 1.11. The molecule has 4 heterocycles. The van der Waals surface area contributed by atoms with Crippen LogP contribution in [0.3, 0.4) is 0 Å². The molecule has 230 valence electrons. The number of benzene rings is 2. The van der Waals surface area contributed by atoms with Gasteiger partial charge in [-0.25, -0.2) is 14.4 Å². The number of nitrogens with one attached hydrogen (secondary N) is 4. The topological polar surface area (TPSA) is 110 Å². The van der Waals surface area contributed by atoms with Crippen molar-refractivity contribution in [2.45, 2.75) is 32.2 Å². The van der Waals surface area contributed by atoms with Gasteiger partial charge < -0.3 is 20.5 Å². The number of para-hydroxylation sites is 1. The van der Waals surface area contributed by atoms with E-state index in [2.05, 4.69) is 52.8 Å². The zero-order valence-electron chi connectivity index (χ0n) is 25.7. The number of H-pyrrole nitrogens is 2. The van der Waals surface area contributed by atoms with E-state index in [9.17, 15) is 4.39 Å². The molecule has 45 heavy (non-hydrogen) atoms. The van der Waals surface area contributed by atoms with E-state index < -0.39 is 0 Å². The van der Waals surface area contributed by atoms with Gasteiger partial charge in [-0.15, -0.1) is 0 Å². The van der Waals surface area contributed by atoms with Gasteiger partial charge in [0, 0.05) is 60.6 Å². The number of imidazole rings is 1. The first-order chi connectivity index (χ1) is 22.0. The van der Waals surface area contributed by atoms with Crippen molar-refractivity contribution in [2.75, 3.05) is 39.0 Å². The highest BCUT2D eigenvalue weighted by Gasteiger charge is 2.18. The summed E-state index contributed by atoms with van der Waals surface area (Å²) in [6.07, 6.45) is 11.0. The van der Waals surface area contributed by atoms with Gasteiger partial charge >= 0.3 is 0 Å². The number of hydrogen-bond donors (Lipinski definition) is 4. The van der Waals surface area contributed by atoms with Crippen LogP contribution in [0.1, 0.15) is 31.2 Å². The first-order valence-electron chi connectivity index (χ1n) is 15.7. The van der Waals surface area contributed by atoms with Crippen LogP contribution in [0.25, 0.3) is 55.8 Å². The van der Waals surface area contributed by atoms with Crippen LogP contribution in [0.2, 0.25) is 0 Å². The lowest BCUT2D eigenvalue weighted by atomic mass is 10.0. The molecule has 0 unspecified atom stereocenters. The molecular weight excluding hydrogens is 565 g/mol. The fraction of sp³-hybridized carbons (Fsp3) is 0.314. The number of likely N-dealkylation sites (N-methyl/N-ethyl adjacent to an activating group) is 1. The Hall–Kier alpha value is -4.67. The Morgan fingerprint density at radius 1 is 0.978 bits per heavy atom. The Morgan fingerprint density at radius 3 is 2.71 bits per heavy atom. The highest BCUT2D eigenvalue weighted by atomic mass is 19.1. The molecule has 0 saturated heterocycles. The van der Waals surface area contributed by atoms with Gasteiger partial charge in [0.2, 0.25) is 0 Å². The van der Waals surface area contributed by atoms with Crippen molar-refractivity contribution in [3.63, 3.8) is 0 Å². The number of nitrogens with zero attached hydrogens (tertiary/aromatic N) is 5. The van der Waals surface area contributed by atoms with E-state index in [1.54, 1.807) is 6.07 Å². The van der Waals surface area contributed by atoms with Crippen molar-refractivity contribution in [3.05, 3.63) is 78.5 Å². The number of hydrogen-bond acceptors (Lipinski definition) is 7. The number of anilines is 1. The standard InChI is InChI=1S/C35H38FN9/c1-45(2)11-10-39-28-14-24(13-27(36)16-28)29-8-5-9-31-32(29)42-35(41-31)33-30-15-26(21-40-34(30)44-43-33)25-12-23(19-38-20-25)18-37-17-22-6-3-4-7-22/h5,8-9,12-16,19-22,37,39H,3-4,6-7,10-11,17-18H2,1-2H3,(H,41,42)(H,40,43,44). The number of aromatic nitrogens is 6. The Balaban J connectivity index is 1.17. The molecule has 2 aromatic carbocycles. The van der Waals surface area contributed by atoms with Crippen LogP contribution in [0.5, 0.6) is 0 Å². The van der Waals surface area contributed by atoms with Crippen LogP contribution in [0, 0.1) is 11.7 Å². The molecule has 0 spiro atoms. The Morgan fingerprint density at radius 2 is 1.84 bits per heavy atom. The molecule has 10 heteroatoms. The van der Waals surface area contributed by atoms with Gasteiger partial charge in [-0.05, 0) is 86.9 Å². The fourth-order valence-electron chi connectivity index (χ4n) is 6.27. The molecule has 1 saturated carbocycles. The van der Waals surface area contributed by atoms with E-state index >= 15 is 0 Å². The lowest BCUT2D eigenvalue weighted by Gasteiger charge is -2.13. The first kappa shape index (κ1) is 29.1. The van der Waals surface area contributed by atoms with E-state index in [0.29, 0.717) is 23.7 Å². The predicted molar refractivity (Wildman–Crippen MR) is 178 cm³/mol. The van der Waals surface area contributed by atoms with E-state index in [1.165, 1.54) is 31.7 Å². The number of halogens is 1. The van der Waals surface area contributed by atoms with Gasteiger partial charge in [0.15, 0.2) is 11.5 Å². The lowest BCUT2D eigenvalue weighted by Crippen LogP contribution is -2.20. The minimum atomic E-state index is -0.298. The number of fused-ring (bicyclic) bond motifs is 2. The predicted octanol–water partition coefficient (Wildman–Crippen LogP) is 6.62. The molecule has 7 rings (SSSR count). The molecule has 0 atom stereocenters. The number of pyridine rings is 2.